The maximum Gasteiger partial charge on any atom is 0.200 e. The summed E-state index contributed by atoms with van der Waals surface area (Å²) in [4.78, 5) is 12.2. The number of aliphatic imine (C=N–C) groups is 1. The molecule has 4 rings (SSSR count). The molecule has 0 atom stereocenters. The molecule has 0 bridgehead atoms. The van der Waals surface area contributed by atoms with E-state index < -0.39 is 0 Å². The zero-order chi connectivity index (χ0) is 19.0. The van der Waals surface area contributed by atoms with Crippen LogP contribution < -0.4 is 16.2 Å². The number of nitrogens with two attached hydrogens (primary N) is 2. The molecule has 1 heterocycles. The van der Waals surface area contributed by atoms with Crippen molar-refractivity contribution in [2.24, 2.45) is 10.7 Å². The highest BCUT2D eigenvalue weighted by atomic mass is 16.5. The maximum atomic E-state index is 7.77. The molecule has 1 aromatic heterocycles. The molecule has 7 heteroatoms. The molecule has 136 valence electrons. The quantitative estimate of drug-likeness (QED) is 0.421. The van der Waals surface area contributed by atoms with Crippen LogP contribution in [-0.4, -0.2) is 28.6 Å². The Bertz CT molecular complexity index is 1070. The summed E-state index contributed by atoms with van der Waals surface area (Å²) in [7, 11) is 1.63. The summed E-state index contributed by atoms with van der Waals surface area (Å²) in [6.07, 6.45) is 1.57. The topological polar surface area (TPSA) is 126 Å². The molecule has 0 unspecified atom stereocenters. The summed E-state index contributed by atoms with van der Waals surface area (Å²) < 4.78 is 5.31. The fourth-order valence-corrected chi connectivity index (χ4v) is 3.44. The van der Waals surface area contributed by atoms with E-state index in [1.54, 1.807) is 7.11 Å². The summed E-state index contributed by atoms with van der Waals surface area (Å²) in [5, 5.41) is 7.77. The molecule has 7 nitrogen and oxygen atoms in total. The first-order chi connectivity index (χ1) is 13.1. The Morgan fingerprint density at radius 2 is 2.04 bits per heavy atom. The van der Waals surface area contributed by atoms with Crippen LogP contribution in [0.1, 0.15) is 23.1 Å². The number of nitrogen functional groups attached to an aromatic ring is 2. The molecule has 6 N–H and O–H groups in total. The van der Waals surface area contributed by atoms with Gasteiger partial charge in [-0.15, -0.1) is 0 Å². The van der Waals surface area contributed by atoms with Crippen LogP contribution in [0.15, 0.2) is 47.5 Å². The van der Waals surface area contributed by atoms with Gasteiger partial charge < -0.3 is 21.2 Å². The molecule has 1 aliphatic carbocycles. The third-order valence-electron chi connectivity index (χ3n) is 4.69. The number of hydrogen-bond donors (Lipinski definition) is 4. The number of benzene rings is 2. The number of aromatic nitrogens is 2. The van der Waals surface area contributed by atoms with Crippen LogP contribution >= 0.6 is 0 Å². The van der Waals surface area contributed by atoms with Crippen LogP contribution in [0.25, 0.3) is 11.3 Å². The van der Waals surface area contributed by atoms with Gasteiger partial charge in [0, 0.05) is 11.1 Å². The molecule has 0 saturated carbocycles. The first-order valence-electron chi connectivity index (χ1n) is 8.61. The highest BCUT2D eigenvalue weighted by molar-refractivity contribution is 6.09. The third kappa shape index (κ3) is 3.03. The normalized spacial score (nSPS) is 14.3. The first kappa shape index (κ1) is 16.8. The number of amidine groups is 1. The SMILES string of the molecule is COc1cccc(-c2[nH]c(N)nc2N=C2CCc3c(C(=N)N)cccc32)c1. The van der Waals surface area contributed by atoms with E-state index in [9.17, 15) is 0 Å². The van der Waals surface area contributed by atoms with Crippen molar-refractivity contribution >= 4 is 23.3 Å². The fraction of sp³-hybridized carbons (Fsp3) is 0.150. The highest BCUT2D eigenvalue weighted by Gasteiger charge is 2.22. The average Bonchev–Trinajstić information content (AvgIpc) is 3.25. The Kier molecular flexibility index (Phi) is 4.12. The lowest BCUT2D eigenvalue weighted by molar-refractivity contribution is 0.415. The van der Waals surface area contributed by atoms with E-state index in [1.807, 2.05) is 42.5 Å². The number of anilines is 1. The standard InChI is InChI=1S/C20H20N6O/c1-27-12-5-2-4-11(10-12)17-19(26-20(23)25-17)24-16-9-8-13-14(16)6-3-7-15(13)18(21)22/h2-7,10H,8-9H2,1H3,(H3,21,22)(H3,23,25,26). The van der Waals surface area contributed by atoms with E-state index in [-0.39, 0.29) is 5.84 Å². The summed E-state index contributed by atoms with van der Waals surface area (Å²) in [5.41, 5.74) is 17.0. The number of fused-ring (bicyclic) bond motifs is 1. The number of H-pyrrole nitrogens is 1. The van der Waals surface area contributed by atoms with Crippen molar-refractivity contribution in [3.63, 3.8) is 0 Å². The average molecular weight is 360 g/mol. The Morgan fingerprint density at radius 1 is 1.22 bits per heavy atom. The number of aromatic amines is 1. The highest BCUT2D eigenvalue weighted by Crippen LogP contribution is 2.33. The van der Waals surface area contributed by atoms with Gasteiger partial charge in [-0.1, -0.05) is 30.3 Å². The molecule has 0 fully saturated rings. The molecule has 0 radical (unpaired) electrons. The van der Waals surface area contributed by atoms with Crippen LogP contribution in [0.3, 0.4) is 0 Å². The van der Waals surface area contributed by atoms with Gasteiger partial charge in [0.25, 0.3) is 0 Å². The molecular formula is C20H20N6O. The molecule has 27 heavy (non-hydrogen) atoms. The van der Waals surface area contributed by atoms with Crippen molar-refractivity contribution in [1.29, 1.82) is 5.41 Å². The van der Waals surface area contributed by atoms with Gasteiger partial charge in [-0.3, -0.25) is 5.41 Å². The molecule has 0 spiro atoms. The minimum absolute atomic E-state index is 0.0779. The number of imidazole rings is 1. The number of methoxy groups -OCH3 is 1. The smallest absolute Gasteiger partial charge is 0.200 e. The van der Waals surface area contributed by atoms with Crippen LogP contribution in [-0.2, 0) is 6.42 Å². The van der Waals surface area contributed by atoms with E-state index in [1.165, 1.54) is 0 Å². The molecule has 0 amide bonds. The van der Waals surface area contributed by atoms with Crippen LogP contribution in [0.2, 0.25) is 0 Å². The molecular weight excluding hydrogens is 340 g/mol. The summed E-state index contributed by atoms with van der Waals surface area (Å²) in [6.45, 7) is 0. The lowest BCUT2D eigenvalue weighted by Gasteiger charge is -2.06. The second-order valence-corrected chi connectivity index (χ2v) is 6.36. The van der Waals surface area contributed by atoms with E-state index in [2.05, 4.69) is 9.97 Å². The van der Waals surface area contributed by atoms with E-state index >= 15 is 0 Å². The van der Waals surface area contributed by atoms with Gasteiger partial charge >= 0.3 is 0 Å². The van der Waals surface area contributed by atoms with Gasteiger partial charge in [-0.2, -0.15) is 4.98 Å². The number of hydrogen-bond acceptors (Lipinski definition) is 5. The predicted octanol–water partition coefficient (Wildman–Crippen LogP) is 3.02. The number of nitrogens with zero attached hydrogens (tertiary/aromatic N) is 2. The maximum absolute atomic E-state index is 7.77. The monoisotopic (exact) mass is 360 g/mol. The van der Waals surface area contributed by atoms with Crippen molar-refractivity contribution in [3.05, 3.63) is 59.2 Å². The fourth-order valence-electron chi connectivity index (χ4n) is 3.44. The molecule has 2 aromatic carbocycles. The zero-order valence-corrected chi connectivity index (χ0v) is 14.9. The van der Waals surface area contributed by atoms with Crippen LogP contribution in [0.5, 0.6) is 5.75 Å². The van der Waals surface area contributed by atoms with Gasteiger partial charge in [0.2, 0.25) is 0 Å². The summed E-state index contributed by atoms with van der Waals surface area (Å²) in [5.74, 6) is 1.67. The van der Waals surface area contributed by atoms with Gasteiger partial charge in [0.05, 0.1) is 18.5 Å². The van der Waals surface area contributed by atoms with E-state index in [4.69, 9.17) is 26.6 Å². The largest absolute Gasteiger partial charge is 0.497 e. The number of ether oxygens (including phenoxy) is 1. The van der Waals surface area contributed by atoms with Crippen molar-refractivity contribution in [2.75, 3.05) is 12.8 Å². The van der Waals surface area contributed by atoms with Gasteiger partial charge in [-0.05, 0) is 36.1 Å². The molecule has 3 aromatic rings. The van der Waals surface area contributed by atoms with Gasteiger partial charge in [0.1, 0.15) is 11.6 Å². The second kappa shape index (κ2) is 6.60. The van der Waals surface area contributed by atoms with Crippen molar-refractivity contribution in [3.8, 4) is 17.0 Å². The predicted molar refractivity (Wildman–Crippen MR) is 107 cm³/mol. The number of rotatable bonds is 4. The Hall–Kier alpha value is -3.61. The van der Waals surface area contributed by atoms with Gasteiger partial charge in [0.15, 0.2) is 11.8 Å². The Balaban J connectivity index is 1.80. The number of nitrogens with one attached hydrogen (secondary N) is 2. The lowest BCUT2D eigenvalue weighted by atomic mass is 10.0. The van der Waals surface area contributed by atoms with E-state index in [0.717, 1.165) is 52.3 Å². The van der Waals surface area contributed by atoms with Gasteiger partial charge in [-0.25, -0.2) is 4.99 Å². The minimum Gasteiger partial charge on any atom is -0.497 e. The van der Waals surface area contributed by atoms with Crippen LogP contribution in [0.4, 0.5) is 11.8 Å². The van der Waals surface area contributed by atoms with E-state index in [0.29, 0.717) is 11.8 Å². The molecule has 1 aliphatic rings. The van der Waals surface area contributed by atoms with Crippen molar-refractivity contribution in [2.45, 2.75) is 12.8 Å². The van der Waals surface area contributed by atoms with Crippen molar-refractivity contribution in [1.82, 2.24) is 9.97 Å². The van der Waals surface area contributed by atoms with Crippen molar-refractivity contribution < 1.29 is 4.74 Å². The first-order valence-corrected chi connectivity index (χ1v) is 8.61. The minimum atomic E-state index is 0.0779. The zero-order valence-electron chi connectivity index (χ0n) is 14.9. The summed E-state index contributed by atoms with van der Waals surface area (Å²) in [6, 6.07) is 13.4. The van der Waals surface area contributed by atoms with Crippen LogP contribution in [0, 0.1) is 5.41 Å². The Labute approximate surface area is 156 Å². The third-order valence-corrected chi connectivity index (χ3v) is 4.69. The lowest BCUT2D eigenvalue weighted by Crippen LogP contribution is -2.13. The summed E-state index contributed by atoms with van der Waals surface area (Å²) >= 11 is 0. The Morgan fingerprint density at radius 3 is 2.81 bits per heavy atom. The second-order valence-electron chi connectivity index (χ2n) is 6.36. The molecule has 0 aliphatic heterocycles. The molecule has 0 saturated heterocycles.